The van der Waals surface area contributed by atoms with Crippen molar-refractivity contribution in [3.63, 3.8) is 0 Å². The van der Waals surface area contributed by atoms with E-state index in [1.54, 1.807) is 18.3 Å². The average molecular weight is 516 g/mol. The van der Waals surface area contributed by atoms with Crippen molar-refractivity contribution in [1.29, 1.82) is 0 Å². The number of fused-ring (bicyclic) bond motifs is 2. The van der Waals surface area contributed by atoms with E-state index in [1.807, 2.05) is 30.7 Å². The lowest BCUT2D eigenvalue weighted by atomic mass is 10.0. The number of anilines is 1. The van der Waals surface area contributed by atoms with Crippen LogP contribution in [0.1, 0.15) is 25.7 Å². The number of nitrogens with one attached hydrogen (secondary N) is 3. The summed E-state index contributed by atoms with van der Waals surface area (Å²) in [6.07, 6.45) is 12.2. The van der Waals surface area contributed by atoms with Crippen molar-refractivity contribution in [2.75, 3.05) is 5.32 Å². The third-order valence-electron chi connectivity index (χ3n) is 7.59. The number of hydrogen-bond acceptors (Lipinski definition) is 5. The molecule has 192 valence electrons. The molecule has 5 aromatic heterocycles. The molecule has 7 nitrogen and oxygen atoms in total. The van der Waals surface area contributed by atoms with E-state index in [1.165, 1.54) is 37.8 Å². The second kappa shape index (κ2) is 9.47. The Bertz CT molecular complexity index is 1830. The van der Waals surface area contributed by atoms with E-state index in [2.05, 4.69) is 54.2 Å². The van der Waals surface area contributed by atoms with Crippen LogP contribution in [0.4, 0.5) is 10.1 Å². The number of benzene rings is 1. The lowest BCUT2D eigenvalue weighted by Crippen LogP contribution is -2.07. The molecule has 0 radical (unpaired) electrons. The van der Waals surface area contributed by atoms with Gasteiger partial charge in [-0.1, -0.05) is 31.6 Å². The molecule has 0 spiro atoms. The van der Waals surface area contributed by atoms with Gasteiger partial charge in [-0.2, -0.15) is 5.10 Å². The van der Waals surface area contributed by atoms with E-state index in [9.17, 15) is 4.39 Å². The highest BCUT2D eigenvalue weighted by Gasteiger charge is 2.19. The summed E-state index contributed by atoms with van der Waals surface area (Å²) in [7, 11) is 0. The predicted molar refractivity (Wildman–Crippen MR) is 152 cm³/mol. The summed E-state index contributed by atoms with van der Waals surface area (Å²) < 4.78 is 13.5. The van der Waals surface area contributed by atoms with Crippen LogP contribution in [0.3, 0.4) is 0 Å². The summed E-state index contributed by atoms with van der Waals surface area (Å²) in [5.74, 6) is 0.260. The van der Waals surface area contributed by atoms with Crippen LogP contribution < -0.4 is 5.32 Å². The molecule has 0 saturated heterocycles. The second-order valence-corrected chi connectivity index (χ2v) is 10.1. The summed E-state index contributed by atoms with van der Waals surface area (Å²) in [6.45, 7) is 4.27. The Labute approximate surface area is 224 Å². The number of pyridine rings is 3. The zero-order chi connectivity index (χ0) is 26.3. The van der Waals surface area contributed by atoms with E-state index in [-0.39, 0.29) is 5.82 Å². The summed E-state index contributed by atoms with van der Waals surface area (Å²) in [5, 5.41) is 12.9. The molecular formula is C31H26FN7. The van der Waals surface area contributed by atoms with Gasteiger partial charge in [-0.15, -0.1) is 0 Å². The van der Waals surface area contributed by atoms with E-state index < -0.39 is 0 Å². The van der Waals surface area contributed by atoms with E-state index >= 15 is 0 Å². The molecular weight excluding hydrogens is 489 g/mol. The number of halogens is 1. The molecule has 1 aromatic carbocycles. The number of nitrogens with zero attached hydrogens (tertiary/aromatic N) is 4. The number of allylic oxidation sites excluding steroid dienone is 1. The van der Waals surface area contributed by atoms with Crippen LogP contribution in [-0.2, 0) is 0 Å². The lowest BCUT2D eigenvalue weighted by molar-refractivity contribution is 0.628. The SMILES string of the molecule is C=C(Nc1cncc(-c2cnc3n[nH]c(-c4cc5c(-c6ccc(F)cc6)ccnc5[nH]4)c3c2)c1)C1CCCC1. The van der Waals surface area contributed by atoms with Gasteiger partial charge >= 0.3 is 0 Å². The van der Waals surface area contributed by atoms with Gasteiger partial charge in [-0.05, 0) is 66.3 Å². The maximum atomic E-state index is 13.5. The minimum Gasteiger partial charge on any atom is -0.358 e. The smallest absolute Gasteiger partial charge is 0.181 e. The van der Waals surface area contributed by atoms with Gasteiger partial charge in [0.2, 0.25) is 0 Å². The van der Waals surface area contributed by atoms with Crippen molar-refractivity contribution in [2.24, 2.45) is 5.92 Å². The largest absolute Gasteiger partial charge is 0.358 e. The van der Waals surface area contributed by atoms with Gasteiger partial charge in [0.1, 0.15) is 11.5 Å². The monoisotopic (exact) mass is 515 g/mol. The molecule has 0 unspecified atom stereocenters. The number of H-pyrrole nitrogens is 2. The highest BCUT2D eigenvalue weighted by atomic mass is 19.1. The molecule has 1 aliphatic carbocycles. The standard InChI is InChI=1S/C31H26FN7/c1-18(19-4-2-3-5-19)36-24-12-21(15-33-17-24)22-13-27-29(38-39-31(27)35-16-22)28-14-26-25(10-11-34-30(26)37-28)20-6-8-23(32)9-7-20/h6-17,19,36H,1-5H2,(H,34,37)(H,35,38,39). The fourth-order valence-corrected chi connectivity index (χ4v) is 5.53. The zero-order valence-electron chi connectivity index (χ0n) is 21.2. The van der Waals surface area contributed by atoms with Crippen molar-refractivity contribution < 1.29 is 4.39 Å². The molecule has 7 rings (SSSR count). The molecule has 0 atom stereocenters. The van der Waals surface area contributed by atoms with Gasteiger partial charge < -0.3 is 10.3 Å². The molecule has 0 aliphatic heterocycles. The van der Waals surface area contributed by atoms with Crippen LogP contribution in [0.15, 0.2) is 85.6 Å². The Hall–Kier alpha value is -4.85. The maximum Gasteiger partial charge on any atom is 0.181 e. The first-order valence-electron chi connectivity index (χ1n) is 13.1. The summed E-state index contributed by atoms with van der Waals surface area (Å²) in [6, 6.07) is 14.6. The van der Waals surface area contributed by atoms with Gasteiger partial charge in [0, 0.05) is 46.2 Å². The molecule has 3 N–H and O–H groups in total. The van der Waals surface area contributed by atoms with Crippen LogP contribution in [0.25, 0.3) is 55.7 Å². The average Bonchev–Trinajstić information content (AvgIpc) is 3.73. The van der Waals surface area contributed by atoms with E-state index in [0.717, 1.165) is 61.4 Å². The predicted octanol–water partition coefficient (Wildman–Crippen LogP) is 7.49. The van der Waals surface area contributed by atoms with Gasteiger partial charge in [0.05, 0.1) is 23.3 Å². The number of hydrogen-bond donors (Lipinski definition) is 3. The van der Waals surface area contributed by atoms with Crippen LogP contribution >= 0.6 is 0 Å². The Morgan fingerprint density at radius 2 is 1.72 bits per heavy atom. The zero-order valence-corrected chi connectivity index (χ0v) is 21.2. The molecule has 8 heteroatoms. The van der Waals surface area contributed by atoms with Gasteiger partial charge in [-0.25, -0.2) is 14.4 Å². The van der Waals surface area contributed by atoms with Crippen molar-refractivity contribution in [1.82, 2.24) is 30.1 Å². The first kappa shape index (κ1) is 23.3. The molecule has 1 fully saturated rings. The van der Waals surface area contributed by atoms with E-state index in [0.29, 0.717) is 11.6 Å². The fourth-order valence-electron chi connectivity index (χ4n) is 5.53. The minimum absolute atomic E-state index is 0.263. The van der Waals surface area contributed by atoms with Crippen molar-refractivity contribution in [2.45, 2.75) is 25.7 Å². The molecule has 0 bridgehead atoms. The maximum absolute atomic E-state index is 13.5. The van der Waals surface area contributed by atoms with Crippen LogP contribution in [0.2, 0.25) is 0 Å². The third-order valence-corrected chi connectivity index (χ3v) is 7.59. The normalized spacial score (nSPS) is 13.9. The number of rotatable bonds is 6. The fraction of sp³-hybridized carbons (Fsp3) is 0.161. The third kappa shape index (κ3) is 4.33. The van der Waals surface area contributed by atoms with Crippen molar-refractivity contribution in [3.05, 3.63) is 91.4 Å². The molecule has 1 saturated carbocycles. The summed E-state index contributed by atoms with van der Waals surface area (Å²) in [4.78, 5) is 17.0. The lowest BCUT2D eigenvalue weighted by Gasteiger charge is -2.15. The van der Waals surface area contributed by atoms with Crippen LogP contribution in [-0.4, -0.2) is 30.1 Å². The highest BCUT2D eigenvalue weighted by molar-refractivity contribution is 5.99. The quantitative estimate of drug-likeness (QED) is 0.214. The molecule has 6 aromatic rings. The first-order chi connectivity index (χ1) is 19.1. The Balaban J connectivity index is 1.24. The molecule has 5 heterocycles. The van der Waals surface area contributed by atoms with Crippen LogP contribution in [0.5, 0.6) is 0 Å². The Morgan fingerprint density at radius 1 is 0.897 bits per heavy atom. The van der Waals surface area contributed by atoms with Crippen LogP contribution in [0, 0.1) is 11.7 Å². The van der Waals surface area contributed by atoms with Gasteiger partial charge in [0.15, 0.2) is 5.65 Å². The summed E-state index contributed by atoms with van der Waals surface area (Å²) in [5.41, 5.74) is 8.79. The minimum atomic E-state index is -0.263. The first-order valence-corrected chi connectivity index (χ1v) is 13.1. The van der Waals surface area contributed by atoms with Crippen molar-refractivity contribution >= 4 is 27.8 Å². The number of aromatic amines is 2. The van der Waals surface area contributed by atoms with Gasteiger partial charge in [0.25, 0.3) is 0 Å². The summed E-state index contributed by atoms with van der Waals surface area (Å²) >= 11 is 0. The topological polar surface area (TPSA) is 95.2 Å². The van der Waals surface area contributed by atoms with E-state index in [4.69, 9.17) is 0 Å². The molecule has 39 heavy (non-hydrogen) atoms. The van der Waals surface area contributed by atoms with Gasteiger partial charge in [-0.3, -0.25) is 10.1 Å². The molecule has 1 aliphatic rings. The van der Waals surface area contributed by atoms with Crippen molar-refractivity contribution in [3.8, 4) is 33.6 Å². The Kier molecular flexibility index (Phi) is 5.65. The Morgan fingerprint density at radius 3 is 2.56 bits per heavy atom. The number of aromatic nitrogens is 6. The second-order valence-electron chi connectivity index (χ2n) is 10.1. The molecule has 0 amide bonds. The highest BCUT2D eigenvalue weighted by Crippen LogP contribution is 2.35.